The summed E-state index contributed by atoms with van der Waals surface area (Å²) in [6.45, 7) is 6.58. The molecule has 0 saturated heterocycles. The second-order valence-corrected chi connectivity index (χ2v) is 7.37. The number of anilines is 1. The summed E-state index contributed by atoms with van der Waals surface area (Å²) in [5.41, 5.74) is 0.508. The Morgan fingerprint density at radius 1 is 1.39 bits per heavy atom. The molecule has 0 atom stereocenters. The summed E-state index contributed by atoms with van der Waals surface area (Å²) in [7, 11) is 1.69. The van der Waals surface area contributed by atoms with Crippen molar-refractivity contribution in [1.29, 1.82) is 0 Å². The third kappa shape index (κ3) is 4.84. The molecule has 0 aliphatic rings. The zero-order valence-electron chi connectivity index (χ0n) is 14.0. The smallest absolute Gasteiger partial charge is 0.231 e. The van der Waals surface area contributed by atoms with Crippen LogP contribution in [0.15, 0.2) is 24.4 Å². The van der Waals surface area contributed by atoms with Gasteiger partial charge in [0, 0.05) is 31.0 Å². The van der Waals surface area contributed by atoms with E-state index in [0.29, 0.717) is 18.8 Å². The van der Waals surface area contributed by atoms with Gasteiger partial charge in [0.05, 0.1) is 22.7 Å². The maximum atomic E-state index is 12.5. The van der Waals surface area contributed by atoms with Gasteiger partial charge in [0.1, 0.15) is 5.82 Å². The van der Waals surface area contributed by atoms with Gasteiger partial charge in [0.15, 0.2) is 0 Å². The van der Waals surface area contributed by atoms with Crippen LogP contribution in [0.4, 0.5) is 5.82 Å². The number of ether oxygens (including phenoxy) is 1. The van der Waals surface area contributed by atoms with Crippen molar-refractivity contribution in [1.82, 2.24) is 9.97 Å². The van der Waals surface area contributed by atoms with Gasteiger partial charge in [-0.05, 0) is 19.1 Å². The zero-order chi connectivity index (χ0) is 16.9. The summed E-state index contributed by atoms with van der Waals surface area (Å²) in [4.78, 5) is 22.5. The molecule has 2 aromatic heterocycles. The standard InChI is InChI=1S/C17H23N3O2S/c1-12-13(8-10-22-4)19-15(23-12)11-17(2,3)16(21)20-14-7-5-6-9-18-14/h5-7,9H,8,10-11H2,1-4H3,(H,18,20,21). The predicted molar refractivity (Wildman–Crippen MR) is 92.8 cm³/mol. The Hall–Kier alpha value is -1.79. The van der Waals surface area contributed by atoms with Gasteiger partial charge in [-0.15, -0.1) is 11.3 Å². The summed E-state index contributed by atoms with van der Waals surface area (Å²) in [6, 6.07) is 5.45. The summed E-state index contributed by atoms with van der Waals surface area (Å²) in [6.07, 6.45) is 3.07. The monoisotopic (exact) mass is 333 g/mol. The van der Waals surface area contributed by atoms with E-state index in [4.69, 9.17) is 4.74 Å². The summed E-state index contributed by atoms with van der Waals surface area (Å²) in [5, 5.41) is 3.85. The topological polar surface area (TPSA) is 64.1 Å². The lowest BCUT2D eigenvalue weighted by Crippen LogP contribution is -2.33. The Kier molecular flexibility index (Phi) is 5.85. The number of hydrogen-bond acceptors (Lipinski definition) is 5. The molecule has 1 amide bonds. The molecule has 2 aromatic rings. The van der Waals surface area contributed by atoms with Gasteiger partial charge in [0.2, 0.25) is 5.91 Å². The molecule has 6 heteroatoms. The molecule has 0 aliphatic heterocycles. The quantitative estimate of drug-likeness (QED) is 0.845. The van der Waals surface area contributed by atoms with Gasteiger partial charge < -0.3 is 10.1 Å². The third-order valence-corrected chi connectivity index (χ3v) is 4.61. The molecule has 0 radical (unpaired) electrons. The molecule has 0 bridgehead atoms. The number of nitrogens with zero attached hydrogens (tertiary/aromatic N) is 2. The predicted octanol–water partition coefficient (Wildman–Crippen LogP) is 3.24. The van der Waals surface area contributed by atoms with E-state index in [0.717, 1.165) is 17.1 Å². The first-order chi connectivity index (χ1) is 10.9. The largest absolute Gasteiger partial charge is 0.384 e. The summed E-state index contributed by atoms with van der Waals surface area (Å²) in [5.74, 6) is 0.518. The van der Waals surface area contributed by atoms with E-state index in [-0.39, 0.29) is 5.91 Å². The van der Waals surface area contributed by atoms with Crippen molar-refractivity contribution >= 4 is 23.1 Å². The highest BCUT2D eigenvalue weighted by atomic mass is 32.1. The van der Waals surface area contributed by atoms with E-state index in [9.17, 15) is 4.79 Å². The molecule has 0 unspecified atom stereocenters. The normalized spacial score (nSPS) is 11.5. The van der Waals surface area contributed by atoms with Crippen molar-refractivity contribution in [2.45, 2.75) is 33.6 Å². The number of amides is 1. The van der Waals surface area contributed by atoms with Crippen LogP contribution in [0.25, 0.3) is 0 Å². The lowest BCUT2D eigenvalue weighted by Gasteiger charge is -2.22. The van der Waals surface area contributed by atoms with Crippen molar-refractivity contribution in [2.75, 3.05) is 19.0 Å². The summed E-state index contributed by atoms with van der Waals surface area (Å²) < 4.78 is 5.11. The number of pyridine rings is 1. The van der Waals surface area contributed by atoms with Gasteiger partial charge in [-0.3, -0.25) is 4.79 Å². The van der Waals surface area contributed by atoms with E-state index in [1.165, 1.54) is 4.88 Å². The van der Waals surface area contributed by atoms with E-state index >= 15 is 0 Å². The van der Waals surface area contributed by atoms with Crippen molar-refractivity contribution in [3.8, 4) is 0 Å². The highest BCUT2D eigenvalue weighted by Crippen LogP contribution is 2.28. The molecule has 1 N–H and O–H groups in total. The molecule has 0 aliphatic carbocycles. The van der Waals surface area contributed by atoms with Crippen LogP contribution in [0.5, 0.6) is 0 Å². The molecule has 5 nitrogen and oxygen atoms in total. The van der Waals surface area contributed by atoms with Crippen LogP contribution in [-0.4, -0.2) is 29.6 Å². The first-order valence-corrected chi connectivity index (χ1v) is 8.40. The molecule has 23 heavy (non-hydrogen) atoms. The number of rotatable bonds is 7. The molecular formula is C17H23N3O2S. The molecule has 2 heterocycles. The van der Waals surface area contributed by atoms with Gasteiger partial charge in [-0.2, -0.15) is 0 Å². The Bertz CT molecular complexity index is 653. The van der Waals surface area contributed by atoms with Gasteiger partial charge in [-0.1, -0.05) is 19.9 Å². The van der Waals surface area contributed by atoms with Crippen LogP contribution in [0, 0.1) is 12.3 Å². The maximum Gasteiger partial charge on any atom is 0.231 e. The molecule has 0 spiro atoms. The number of aromatic nitrogens is 2. The van der Waals surface area contributed by atoms with E-state index in [1.54, 1.807) is 30.7 Å². The number of nitrogens with one attached hydrogen (secondary N) is 1. The fourth-order valence-electron chi connectivity index (χ4n) is 2.17. The molecular weight excluding hydrogens is 310 g/mol. The number of carbonyl (C=O) groups excluding carboxylic acids is 1. The van der Waals surface area contributed by atoms with Crippen molar-refractivity contribution in [3.05, 3.63) is 40.0 Å². The van der Waals surface area contributed by atoms with Crippen molar-refractivity contribution in [2.24, 2.45) is 5.41 Å². The second-order valence-electron chi connectivity index (χ2n) is 6.08. The van der Waals surface area contributed by atoms with Crippen LogP contribution in [0.2, 0.25) is 0 Å². The average Bonchev–Trinajstić information content (AvgIpc) is 2.85. The Labute approximate surface area is 141 Å². The van der Waals surface area contributed by atoms with Crippen LogP contribution < -0.4 is 5.32 Å². The Balaban J connectivity index is 2.03. The summed E-state index contributed by atoms with van der Waals surface area (Å²) >= 11 is 1.65. The maximum absolute atomic E-state index is 12.5. The minimum atomic E-state index is -0.555. The fraction of sp³-hybridized carbons (Fsp3) is 0.471. The van der Waals surface area contributed by atoms with Crippen LogP contribution >= 0.6 is 11.3 Å². The number of thiazole rings is 1. The number of aryl methyl sites for hydroxylation is 1. The van der Waals surface area contributed by atoms with Crippen molar-refractivity contribution in [3.63, 3.8) is 0 Å². The molecule has 0 saturated carbocycles. The number of carbonyl (C=O) groups is 1. The zero-order valence-corrected chi connectivity index (χ0v) is 14.9. The van der Waals surface area contributed by atoms with E-state index < -0.39 is 5.41 Å². The van der Waals surface area contributed by atoms with Crippen molar-refractivity contribution < 1.29 is 9.53 Å². The number of methoxy groups -OCH3 is 1. The minimum Gasteiger partial charge on any atom is -0.384 e. The van der Waals surface area contributed by atoms with Gasteiger partial charge in [-0.25, -0.2) is 9.97 Å². The number of hydrogen-bond donors (Lipinski definition) is 1. The minimum absolute atomic E-state index is 0.0532. The average molecular weight is 333 g/mol. The first-order valence-electron chi connectivity index (χ1n) is 7.59. The van der Waals surface area contributed by atoms with Gasteiger partial charge in [0.25, 0.3) is 0 Å². The highest BCUT2D eigenvalue weighted by Gasteiger charge is 2.30. The second kappa shape index (κ2) is 7.66. The lowest BCUT2D eigenvalue weighted by molar-refractivity contribution is -0.123. The van der Waals surface area contributed by atoms with Gasteiger partial charge >= 0.3 is 0 Å². The van der Waals surface area contributed by atoms with E-state index in [2.05, 4.69) is 22.2 Å². The first kappa shape index (κ1) is 17.6. The lowest BCUT2D eigenvalue weighted by atomic mass is 9.88. The molecule has 124 valence electrons. The van der Waals surface area contributed by atoms with E-state index in [1.807, 2.05) is 26.0 Å². The SMILES string of the molecule is COCCc1nc(CC(C)(C)C(=O)Nc2ccccn2)sc1C. The fourth-order valence-corrected chi connectivity index (χ4v) is 3.38. The Morgan fingerprint density at radius 3 is 2.83 bits per heavy atom. The highest BCUT2D eigenvalue weighted by molar-refractivity contribution is 7.11. The van der Waals surface area contributed by atoms with Crippen LogP contribution in [0.1, 0.15) is 29.4 Å². The molecule has 0 aromatic carbocycles. The third-order valence-electron chi connectivity index (χ3n) is 3.59. The molecule has 0 fully saturated rings. The van der Waals surface area contributed by atoms with Crippen LogP contribution in [-0.2, 0) is 22.4 Å². The Morgan fingerprint density at radius 2 is 2.17 bits per heavy atom. The van der Waals surface area contributed by atoms with Crippen LogP contribution in [0.3, 0.4) is 0 Å². The molecule has 2 rings (SSSR count).